The summed E-state index contributed by atoms with van der Waals surface area (Å²) in [7, 11) is 1.61. The second-order valence-corrected chi connectivity index (χ2v) is 6.62. The van der Waals surface area contributed by atoms with Crippen molar-refractivity contribution < 1.29 is 9.47 Å². The van der Waals surface area contributed by atoms with Crippen LogP contribution >= 0.6 is 11.3 Å². The molecule has 0 spiro atoms. The third-order valence-electron chi connectivity index (χ3n) is 3.77. The predicted octanol–water partition coefficient (Wildman–Crippen LogP) is 3.98. The molecule has 2 aromatic carbocycles. The molecule has 0 bridgehead atoms. The van der Waals surface area contributed by atoms with Crippen molar-refractivity contribution >= 4 is 32.9 Å². The van der Waals surface area contributed by atoms with Crippen LogP contribution in [0.4, 0.5) is 5.13 Å². The van der Waals surface area contributed by atoms with Crippen molar-refractivity contribution in [3.05, 3.63) is 66.5 Å². The lowest BCUT2D eigenvalue weighted by Crippen LogP contribution is -2.06. The number of benzene rings is 2. The minimum Gasteiger partial charge on any atom is -0.493 e. The number of ether oxygens (including phenoxy) is 2. The fraction of sp³-hybridized carbons (Fsp3) is 0.105. The Labute approximate surface area is 159 Å². The largest absolute Gasteiger partial charge is 0.493 e. The van der Waals surface area contributed by atoms with Gasteiger partial charge in [0, 0.05) is 12.4 Å². The van der Waals surface area contributed by atoms with E-state index in [0.717, 1.165) is 20.9 Å². The number of rotatable bonds is 7. The number of para-hydroxylation sites is 1. The first kappa shape index (κ1) is 17.0. The zero-order chi connectivity index (χ0) is 18.5. The topological polar surface area (TPSA) is 73.6 Å². The minimum absolute atomic E-state index is 0.300. The first-order chi connectivity index (χ1) is 13.3. The molecule has 7 nitrogen and oxygen atoms in total. The fourth-order valence-electron chi connectivity index (χ4n) is 2.48. The first-order valence-corrected chi connectivity index (χ1v) is 9.06. The number of anilines is 1. The van der Waals surface area contributed by atoms with Crippen molar-refractivity contribution in [1.82, 2.24) is 14.8 Å². The van der Waals surface area contributed by atoms with Gasteiger partial charge in [0.05, 0.1) is 23.5 Å². The van der Waals surface area contributed by atoms with Gasteiger partial charge in [0.2, 0.25) is 5.13 Å². The van der Waals surface area contributed by atoms with Crippen LogP contribution in [-0.4, -0.2) is 28.1 Å². The molecule has 4 rings (SSSR count). The van der Waals surface area contributed by atoms with Crippen molar-refractivity contribution in [2.24, 2.45) is 5.10 Å². The Hall–Kier alpha value is -3.39. The van der Waals surface area contributed by atoms with Crippen LogP contribution in [0, 0.1) is 0 Å². The Morgan fingerprint density at radius 1 is 1.19 bits per heavy atom. The van der Waals surface area contributed by atoms with Gasteiger partial charge in [0.1, 0.15) is 0 Å². The Morgan fingerprint density at radius 3 is 2.93 bits per heavy atom. The standard InChI is InChI=1S/C19H17N5O2S/c1-25-16-8-7-14(11-17(16)26-13-24-10-4-9-21-24)12-20-23-19-22-15-5-2-3-6-18(15)27-19/h2-12H,13H2,1H3,(H,22,23)/b20-12+. The molecule has 0 unspecified atom stereocenters. The van der Waals surface area contributed by atoms with E-state index >= 15 is 0 Å². The van der Waals surface area contributed by atoms with Crippen LogP contribution in [0.3, 0.4) is 0 Å². The lowest BCUT2D eigenvalue weighted by Gasteiger charge is -2.11. The highest BCUT2D eigenvalue weighted by atomic mass is 32.1. The number of hydrogen-bond acceptors (Lipinski definition) is 7. The highest BCUT2D eigenvalue weighted by Crippen LogP contribution is 2.28. The van der Waals surface area contributed by atoms with E-state index in [-0.39, 0.29) is 0 Å². The summed E-state index contributed by atoms with van der Waals surface area (Å²) in [6.07, 6.45) is 5.25. The summed E-state index contributed by atoms with van der Waals surface area (Å²) < 4.78 is 14.0. The van der Waals surface area contributed by atoms with Gasteiger partial charge in [-0.3, -0.25) is 5.43 Å². The Kier molecular flexibility index (Phi) is 4.97. The maximum absolute atomic E-state index is 5.80. The van der Waals surface area contributed by atoms with Crippen LogP contribution in [0.5, 0.6) is 11.5 Å². The van der Waals surface area contributed by atoms with E-state index in [4.69, 9.17) is 9.47 Å². The number of fused-ring (bicyclic) bond motifs is 1. The molecule has 27 heavy (non-hydrogen) atoms. The molecule has 0 amide bonds. The van der Waals surface area contributed by atoms with E-state index in [0.29, 0.717) is 18.2 Å². The van der Waals surface area contributed by atoms with Crippen molar-refractivity contribution in [3.63, 3.8) is 0 Å². The number of nitrogens with zero attached hydrogens (tertiary/aromatic N) is 4. The number of nitrogens with one attached hydrogen (secondary N) is 1. The van der Waals surface area contributed by atoms with Gasteiger partial charge in [0.25, 0.3) is 0 Å². The van der Waals surface area contributed by atoms with Crippen molar-refractivity contribution in [1.29, 1.82) is 0 Å². The Morgan fingerprint density at radius 2 is 2.11 bits per heavy atom. The van der Waals surface area contributed by atoms with Gasteiger partial charge in [-0.25, -0.2) is 9.67 Å². The second kappa shape index (κ2) is 7.88. The highest BCUT2D eigenvalue weighted by molar-refractivity contribution is 7.22. The Bertz CT molecular complexity index is 1030. The van der Waals surface area contributed by atoms with Crippen LogP contribution < -0.4 is 14.9 Å². The van der Waals surface area contributed by atoms with Gasteiger partial charge in [-0.15, -0.1) is 0 Å². The molecular weight excluding hydrogens is 362 g/mol. The number of methoxy groups -OCH3 is 1. The summed E-state index contributed by atoms with van der Waals surface area (Å²) >= 11 is 1.56. The van der Waals surface area contributed by atoms with Gasteiger partial charge in [0.15, 0.2) is 18.2 Å². The number of hydrogen-bond donors (Lipinski definition) is 1. The molecule has 8 heteroatoms. The molecule has 0 radical (unpaired) electrons. The van der Waals surface area contributed by atoms with E-state index in [1.54, 1.807) is 35.5 Å². The zero-order valence-corrected chi connectivity index (χ0v) is 15.4. The second-order valence-electron chi connectivity index (χ2n) is 5.59. The molecule has 0 saturated carbocycles. The van der Waals surface area contributed by atoms with Crippen LogP contribution in [0.2, 0.25) is 0 Å². The summed E-state index contributed by atoms with van der Waals surface area (Å²) in [6, 6.07) is 15.4. The average molecular weight is 379 g/mol. The summed E-state index contributed by atoms with van der Waals surface area (Å²) in [5, 5.41) is 9.14. The molecule has 0 fully saturated rings. The SMILES string of the molecule is COc1ccc(/C=N/Nc2nc3ccccc3s2)cc1OCn1cccn1. The molecular formula is C19H17N5O2S. The number of hydrazone groups is 1. The zero-order valence-electron chi connectivity index (χ0n) is 14.6. The summed E-state index contributed by atoms with van der Waals surface area (Å²) in [5.41, 5.74) is 4.81. The fourth-order valence-corrected chi connectivity index (χ4v) is 3.30. The third-order valence-corrected chi connectivity index (χ3v) is 4.71. The van der Waals surface area contributed by atoms with Crippen LogP contribution in [0.25, 0.3) is 10.2 Å². The lowest BCUT2D eigenvalue weighted by atomic mass is 10.2. The molecule has 4 aromatic rings. The van der Waals surface area contributed by atoms with Gasteiger partial charge in [-0.2, -0.15) is 10.2 Å². The van der Waals surface area contributed by atoms with Gasteiger partial charge in [-0.1, -0.05) is 23.5 Å². The van der Waals surface area contributed by atoms with E-state index in [9.17, 15) is 0 Å². The highest BCUT2D eigenvalue weighted by Gasteiger charge is 2.06. The summed E-state index contributed by atoms with van der Waals surface area (Å²) in [5.74, 6) is 1.27. The Balaban J connectivity index is 1.45. The van der Waals surface area contributed by atoms with Crippen molar-refractivity contribution in [3.8, 4) is 11.5 Å². The molecule has 136 valence electrons. The monoisotopic (exact) mass is 379 g/mol. The molecule has 0 aliphatic heterocycles. The molecule has 0 aliphatic carbocycles. The number of thiazole rings is 1. The smallest absolute Gasteiger partial charge is 0.204 e. The lowest BCUT2D eigenvalue weighted by molar-refractivity contribution is 0.211. The average Bonchev–Trinajstić information content (AvgIpc) is 3.35. The van der Waals surface area contributed by atoms with Crippen molar-refractivity contribution in [2.45, 2.75) is 6.73 Å². The van der Waals surface area contributed by atoms with Crippen LogP contribution in [0.1, 0.15) is 5.56 Å². The van der Waals surface area contributed by atoms with E-state index in [2.05, 4.69) is 20.6 Å². The molecule has 2 aromatic heterocycles. The molecule has 0 saturated heterocycles. The maximum atomic E-state index is 5.80. The quantitative estimate of drug-likeness (QED) is 0.388. The van der Waals surface area contributed by atoms with Gasteiger partial charge in [-0.05, 0) is 42.0 Å². The maximum Gasteiger partial charge on any atom is 0.204 e. The van der Waals surface area contributed by atoms with Gasteiger partial charge < -0.3 is 9.47 Å². The summed E-state index contributed by atoms with van der Waals surface area (Å²) in [4.78, 5) is 4.49. The molecule has 0 aliphatic rings. The van der Waals surface area contributed by atoms with Gasteiger partial charge >= 0.3 is 0 Å². The van der Waals surface area contributed by atoms with Crippen LogP contribution in [0.15, 0.2) is 66.0 Å². The first-order valence-electron chi connectivity index (χ1n) is 8.25. The molecule has 1 N–H and O–H groups in total. The molecule has 0 atom stereocenters. The minimum atomic E-state index is 0.300. The van der Waals surface area contributed by atoms with E-state index < -0.39 is 0 Å². The third kappa shape index (κ3) is 4.06. The predicted molar refractivity (Wildman–Crippen MR) is 107 cm³/mol. The molecule has 2 heterocycles. The van der Waals surface area contributed by atoms with E-state index in [1.165, 1.54) is 0 Å². The van der Waals surface area contributed by atoms with Crippen molar-refractivity contribution in [2.75, 3.05) is 12.5 Å². The van der Waals surface area contributed by atoms with E-state index in [1.807, 2.05) is 54.7 Å². The van der Waals surface area contributed by atoms with Crippen LogP contribution in [-0.2, 0) is 6.73 Å². The number of aromatic nitrogens is 3. The summed E-state index contributed by atoms with van der Waals surface area (Å²) in [6.45, 7) is 0.300. The normalized spacial score (nSPS) is 11.1.